The lowest BCUT2D eigenvalue weighted by Gasteiger charge is -2.11. The maximum Gasteiger partial charge on any atom is 0.174 e. The number of ether oxygens (including phenoxy) is 1. The second-order valence-electron chi connectivity index (χ2n) is 3.93. The van der Waals surface area contributed by atoms with E-state index in [9.17, 15) is 0 Å². The molecule has 4 nitrogen and oxygen atoms in total. The topological polar surface area (TPSA) is 47.0 Å². The minimum Gasteiger partial charge on any atom is -0.380 e. The maximum absolute atomic E-state index is 5.94. The lowest BCUT2D eigenvalue weighted by atomic mass is 10.1. The van der Waals surface area contributed by atoms with Crippen LogP contribution in [0.2, 0.25) is 10.3 Å². The van der Waals surface area contributed by atoms with E-state index in [0.29, 0.717) is 29.1 Å². The molecule has 2 aromatic rings. The van der Waals surface area contributed by atoms with E-state index in [1.165, 1.54) is 0 Å². The summed E-state index contributed by atoms with van der Waals surface area (Å²) in [5.74, 6) is 0. The summed E-state index contributed by atoms with van der Waals surface area (Å²) < 4.78 is 5.17. The lowest BCUT2D eigenvalue weighted by molar-refractivity contribution is 0.184. The van der Waals surface area contributed by atoms with Gasteiger partial charge in [-0.25, -0.2) is 0 Å². The van der Waals surface area contributed by atoms with Crippen LogP contribution in [-0.4, -0.2) is 17.3 Å². The highest BCUT2D eigenvalue weighted by atomic mass is 35.5. The van der Waals surface area contributed by atoms with Gasteiger partial charge in [-0.1, -0.05) is 47.5 Å². The molecule has 0 fully saturated rings. The predicted molar refractivity (Wildman–Crippen MR) is 76.5 cm³/mol. The van der Waals surface area contributed by atoms with Gasteiger partial charge in [0.25, 0.3) is 0 Å². The molecule has 0 aliphatic heterocycles. The third-order valence-electron chi connectivity index (χ3n) is 2.61. The zero-order valence-corrected chi connectivity index (χ0v) is 11.9. The summed E-state index contributed by atoms with van der Waals surface area (Å²) in [6.07, 6.45) is 0. The van der Waals surface area contributed by atoms with Gasteiger partial charge in [0.2, 0.25) is 0 Å². The lowest BCUT2D eigenvalue weighted by Crippen LogP contribution is -2.05. The summed E-state index contributed by atoms with van der Waals surface area (Å²) in [7, 11) is 1.67. The summed E-state index contributed by atoms with van der Waals surface area (Å²) in [6, 6.07) is 9.67. The zero-order chi connectivity index (χ0) is 13.7. The van der Waals surface area contributed by atoms with Crippen molar-refractivity contribution in [3.63, 3.8) is 0 Å². The van der Waals surface area contributed by atoms with Crippen molar-refractivity contribution in [3.8, 4) is 0 Å². The Hall–Kier alpha value is -1.36. The van der Waals surface area contributed by atoms with Crippen LogP contribution in [0.5, 0.6) is 0 Å². The Balaban J connectivity index is 2.12. The van der Waals surface area contributed by atoms with Crippen LogP contribution in [0.25, 0.3) is 0 Å². The normalized spacial score (nSPS) is 10.5. The molecule has 0 bridgehead atoms. The molecule has 0 aliphatic rings. The van der Waals surface area contributed by atoms with Gasteiger partial charge in [0, 0.05) is 19.7 Å². The van der Waals surface area contributed by atoms with Gasteiger partial charge in [-0.2, -0.15) is 0 Å². The van der Waals surface area contributed by atoms with Gasteiger partial charge in [0.15, 0.2) is 10.3 Å². The van der Waals surface area contributed by atoms with Crippen LogP contribution in [0.1, 0.15) is 11.1 Å². The molecule has 1 N–H and O–H groups in total. The predicted octanol–water partition coefficient (Wildman–Crippen LogP) is 3.54. The summed E-state index contributed by atoms with van der Waals surface area (Å²) in [5, 5.41) is 11.2. The third kappa shape index (κ3) is 3.80. The van der Waals surface area contributed by atoms with E-state index < -0.39 is 0 Å². The number of benzene rings is 1. The monoisotopic (exact) mass is 297 g/mol. The van der Waals surface area contributed by atoms with Gasteiger partial charge < -0.3 is 10.1 Å². The Morgan fingerprint density at radius 2 is 1.89 bits per heavy atom. The number of anilines is 1. The molecular weight excluding hydrogens is 285 g/mol. The van der Waals surface area contributed by atoms with Crippen molar-refractivity contribution >= 4 is 28.9 Å². The van der Waals surface area contributed by atoms with E-state index in [2.05, 4.69) is 15.5 Å². The van der Waals surface area contributed by atoms with E-state index in [4.69, 9.17) is 27.9 Å². The van der Waals surface area contributed by atoms with Crippen LogP contribution in [0.15, 0.2) is 30.3 Å². The van der Waals surface area contributed by atoms with Crippen molar-refractivity contribution in [1.29, 1.82) is 0 Å². The van der Waals surface area contributed by atoms with Crippen LogP contribution in [-0.2, 0) is 17.9 Å². The van der Waals surface area contributed by atoms with Gasteiger partial charge >= 0.3 is 0 Å². The highest BCUT2D eigenvalue weighted by Gasteiger charge is 2.06. The van der Waals surface area contributed by atoms with E-state index in [1.54, 1.807) is 13.2 Å². The molecule has 0 unspecified atom stereocenters. The SMILES string of the molecule is COCc1ccccc1CNc1cc(Cl)nnc1Cl. The fourth-order valence-electron chi connectivity index (χ4n) is 1.69. The van der Waals surface area contributed by atoms with Gasteiger partial charge in [-0.05, 0) is 11.1 Å². The molecule has 0 amide bonds. The maximum atomic E-state index is 5.94. The molecule has 0 saturated heterocycles. The third-order valence-corrected chi connectivity index (χ3v) is 3.07. The standard InChI is InChI=1S/C13H13Cl2N3O/c1-19-8-10-5-3-2-4-9(10)7-16-11-6-12(14)17-18-13(11)15/h2-6H,7-8H2,1H3,(H,16,17). The van der Waals surface area contributed by atoms with Crippen LogP contribution in [0, 0.1) is 0 Å². The van der Waals surface area contributed by atoms with Crippen molar-refractivity contribution in [2.24, 2.45) is 0 Å². The molecule has 0 spiro atoms. The molecule has 19 heavy (non-hydrogen) atoms. The van der Waals surface area contributed by atoms with Crippen molar-refractivity contribution in [2.45, 2.75) is 13.2 Å². The Kier molecular flexibility index (Phi) is 4.96. The molecule has 1 heterocycles. The Morgan fingerprint density at radius 1 is 1.16 bits per heavy atom. The molecule has 0 radical (unpaired) electrons. The number of aromatic nitrogens is 2. The first-order valence-electron chi connectivity index (χ1n) is 5.69. The van der Waals surface area contributed by atoms with Gasteiger partial charge in [0.05, 0.1) is 12.3 Å². The van der Waals surface area contributed by atoms with Crippen molar-refractivity contribution in [2.75, 3.05) is 12.4 Å². The number of nitrogens with zero attached hydrogens (tertiary/aromatic N) is 2. The molecule has 0 atom stereocenters. The smallest absolute Gasteiger partial charge is 0.174 e. The molecule has 0 aliphatic carbocycles. The highest BCUT2D eigenvalue weighted by molar-refractivity contribution is 6.33. The molecule has 6 heteroatoms. The average molecular weight is 298 g/mol. The summed E-state index contributed by atoms with van der Waals surface area (Å²) in [4.78, 5) is 0. The Labute approximate surface area is 121 Å². The zero-order valence-electron chi connectivity index (χ0n) is 10.4. The Morgan fingerprint density at radius 3 is 2.63 bits per heavy atom. The second kappa shape index (κ2) is 6.70. The first kappa shape index (κ1) is 14.1. The van der Waals surface area contributed by atoms with E-state index in [0.717, 1.165) is 11.1 Å². The number of hydrogen-bond acceptors (Lipinski definition) is 4. The van der Waals surface area contributed by atoms with E-state index >= 15 is 0 Å². The fraction of sp³-hybridized carbons (Fsp3) is 0.231. The summed E-state index contributed by atoms with van der Waals surface area (Å²) in [6.45, 7) is 1.18. The van der Waals surface area contributed by atoms with Crippen LogP contribution in [0.3, 0.4) is 0 Å². The fourth-order valence-corrected chi connectivity index (χ4v) is 2.00. The molecule has 1 aromatic carbocycles. The number of rotatable bonds is 5. The van der Waals surface area contributed by atoms with Gasteiger partial charge in [-0.3, -0.25) is 0 Å². The minimum absolute atomic E-state index is 0.300. The van der Waals surface area contributed by atoms with Crippen LogP contribution < -0.4 is 5.32 Å². The van der Waals surface area contributed by atoms with Crippen molar-refractivity contribution < 1.29 is 4.74 Å². The summed E-state index contributed by atoms with van der Waals surface area (Å²) in [5.41, 5.74) is 2.92. The Bertz CT molecular complexity index is 563. The van der Waals surface area contributed by atoms with Crippen molar-refractivity contribution in [3.05, 3.63) is 51.8 Å². The molecule has 0 saturated carbocycles. The number of nitrogens with one attached hydrogen (secondary N) is 1. The van der Waals surface area contributed by atoms with Crippen LogP contribution >= 0.6 is 23.2 Å². The molecule has 2 rings (SSSR count). The molecule has 100 valence electrons. The van der Waals surface area contributed by atoms with E-state index in [1.807, 2.05) is 24.3 Å². The molecular formula is C13H13Cl2N3O. The highest BCUT2D eigenvalue weighted by Crippen LogP contribution is 2.22. The number of hydrogen-bond donors (Lipinski definition) is 1. The van der Waals surface area contributed by atoms with Gasteiger partial charge in [0.1, 0.15) is 0 Å². The van der Waals surface area contributed by atoms with Crippen molar-refractivity contribution in [1.82, 2.24) is 10.2 Å². The number of halogens is 2. The first-order chi connectivity index (χ1) is 9.20. The summed E-state index contributed by atoms with van der Waals surface area (Å²) >= 11 is 11.7. The van der Waals surface area contributed by atoms with E-state index in [-0.39, 0.29) is 0 Å². The molecule has 1 aromatic heterocycles. The van der Waals surface area contributed by atoms with Crippen LogP contribution in [0.4, 0.5) is 5.69 Å². The minimum atomic E-state index is 0.300. The largest absolute Gasteiger partial charge is 0.380 e. The quantitative estimate of drug-likeness (QED) is 0.917. The second-order valence-corrected chi connectivity index (χ2v) is 4.67. The first-order valence-corrected chi connectivity index (χ1v) is 6.44. The average Bonchev–Trinajstić information content (AvgIpc) is 2.42. The van der Waals surface area contributed by atoms with Gasteiger partial charge in [-0.15, -0.1) is 10.2 Å². The number of methoxy groups -OCH3 is 1.